The minimum absolute atomic E-state index is 0.0919. The minimum atomic E-state index is -0.432. The van der Waals surface area contributed by atoms with Crippen molar-refractivity contribution in [3.63, 3.8) is 0 Å². The third-order valence-electron chi connectivity index (χ3n) is 3.21. The van der Waals surface area contributed by atoms with E-state index in [0.29, 0.717) is 22.8 Å². The van der Waals surface area contributed by atoms with Gasteiger partial charge in [-0.05, 0) is 24.3 Å². The lowest BCUT2D eigenvalue weighted by molar-refractivity contribution is 0.409. The number of hydrogen-bond donors (Lipinski definition) is 0. The molecule has 0 spiro atoms. The van der Waals surface area contributed by atoms with E-state index in [4.69, 9.17) is 16.3 Å². The predicted octanol–water partition coefficient (Wildman–Crippen LogP) is 4.05. The Morgan fingerprint density at radius 2 is 2.05 bits per heavy atom. The highest BCUT2D eigenvalue weighted by molar-refractivity contribution is 6.17. The zero-order valence-corrected chi connectivity index (χ0v) is 11.9. The first-order valence-corrected chi connectivity index (χ1v) is 6.75. The third-order valence-corrected chi connectivity index (χ3v) is 3.45. The van der Waals surface area contributed by atoms with Gasteiger partial charge in [-0.25, -0.2) is 13.8 Å². The first-order valence-electron chi connectivity index (χ1n) is 6.21. The smallest absolute Gasteiger partial charge is 0.151 e. The summed E-state index contributed by atoms with van der Waals surface area (Å²) in [6.45, 7) is 0. The summed E-state index contributed by atoms with van der Waals surface area (Å²) < 4.78 is 34.1. The molecule has 1 aromatic heterocycles. The molecule has 6 heteroatoms. The van der Waals surface area contributed by atoms with Crippen LogP contribution in [0.15, 0.2) is 36.4 Å². The Balaban J connectivity index is 2.36. The second-order valence-corrected chi connectivity index (χ2v) is 4.69. The van der Waals surface area contributed by atoms with E-state index in [9.17, 15) is 8.78 Å². The maximum absolute atomic E-state index is 13.9. The number of para-hydroxylation sites is 1. The van der Waals surface area contributed by atoms with E-state index >= 15 is 0 Å². The van der Waals surface area contributed by atoms with Crippen LogP contribution in [0.5, 0.6) is 5.75 Å². The van der Waals surface area contributed by atoms with Crippen LogP contribution < -0.4 is 4.74 Å². The van der Waals surface area contributed by atoms with Gasteiger partial charge in [-0.2, -0.15) is 0 Å². The maximum Gasteiger partial charge on any atom is 0.151 e. The Kier molecular flexibility index (Phi) is 3.51. The molecule has 2 aromatic carbocycles. The summed E-state index contributed by atoms with van der Waals surface area (Å²) in [5.41, 5.74) is 1.33. The lowest BCUT2D eigenvalue weighted by Gasteiger charge is -2.12. The fourth-order valence-corrected chi connectivity index (χ4v) is 2.49. The molecule has 0 N–H and O–H groups in total. The van der Waals surface area contributed by atoms with Gasteiger partial charge in [0, 0.05) is 6.07 Å². The molecular formula is C15H11ClF2N2O. The Bertz CT molecular complexity index is 817. The van der Waals surface area contributed by atoms with Crippen LogP contribution in [-0.2, 0) is 5.88 Å². The van der Waals surface area contributed by atoms with Crippen LogP contribution in [0.1, 0.15) is 5.82 Å². The molecule has 3 aromatic rings. The van der Waals surface area contributed by atoms with Crippen LogP contribution in [0, 0.1) is 11.6 Å². The van der Waals surface area contributed by atoms with Crippen LogP contribution in [0.2, 0.25) is 0 Å². The Hall–Kier alpha value is -2.14. The van der Waals surface area contributed by atoms with E-state index in [2.05, 4.69) is 4.98 Å². The molecule has 0 aliphatic heterocycles. The molecule has 0 unspecified atom stereocenters. The Morgan fingerprint density at radius 3 is 2.76 bits per heavy atom. The Morgan fingerprint density at radius 1 is 1.24 bits per heavy atom. The first kappa shape index (κ1) is 13.8. The zero-order valence-electron chi connectivity index (χ0n) is 11.1. The van der Waals surface area contributed by atoms with Crippen LogP contribution >= 0.6 is 11.6 Å². The average molecular weight is 309 g/mol. The van der Waals surface area contributed by atoms with Crippen LogP contribution in [0.25, 0.3) is 16.7 Å². The van der Waals surface area contributed by atoms with Crippen molar-refractivity contribution in [3.8, 4) is 11.4 Å². The van der Waals surface area contributed by atoms with Gasteiger partial charge < -0.3 is 4.74 Å². The van der Waals surface area contributed by atoms with Gasteiger partial charge in [-0.15, -0.1) is 11.6 Å². The normalized spacial score (nSPS) is 11.0. The lowest BCUT2D eigenvalue weighted by atomic mass is 10.2. The number of ether oxygens (including phenoxy) is 1. The summed E-state index contributed by atoms with van der Waals surface area (Å²) in [5.74, 6) is 0.0261. The molecule has 0 bridgehead atoms. The van der Waals surface area contributed by atoms with Crippen molar-refractivity contribution in [2.45, 2.75) is 5.88 Å². The van der Waals surface area contributed by atoms with E-state index in [1.54, 1.807) is 22.8 Å². The van der Waals surface area contributed by atoms with Crippen LogP contribution in [0.4, 0.5) is 8.78 Å². The van der Waals surface area contributed by atoms with E-state index in [-0.39, 0.29) is 11.4 Å². The molecular weight excluding hydrogens is 298 g/mol. The van der Waals surface area contributed by atoms with E-state index < -0.39 is 11.6 Å². The predicted molar refractivity (Wildman–Crippen MR) is 77.1 cm³/mol. The quantitative estimate of drug-likeness (QED) is 0.683. The molecule has 1 heterocycles. The van der Waals surface area contributed by atoms with Gasteiger partial charge in [0.25, 0.3) is 0 Å². The van der Waals surface area contributed by atoms with Gasteiger partial charge in [0.15, 0.2) is 5.82 Å². The molecule has 3 nitrogen and oxygen atoms in total. The number of halogens is 3. The third kappa shape index (κ3) is 2.23. The van der Waals surface area contributed by atoms with Gasteiger partial charge in [-0.1, -0.05) is 6.07 Å². The molecule has 0 saturated carbocycles. The molecule has 3 rings (SSSR count). The van der Waals surface area contributed by atoms with Crippen molar-refractivity contribution in [2.75, 3.05) is 7.11 Å². The summed E-state index contributed by atoms with van der Waals surface area (Å²) in [6, 6.07) is 8.77. The summed E-state index contributed by atoms with van der Waals surface area (Å²) >= 11 is 5.91. The number of imidazole rings is 1. The highest BCUT2D eigenvalue weighted by atomic mass is 35.5. The fraction of sp³-hybridized carbons (Fsp3) is 0.133. The number of hydrogen-bond acceptors (Lipinski definition) is 2. The lowest BCUT2D eigenvalue weighted by Crippen LogP contribution is -2.02. The number of nitrogens with zero attached hydrogens (tertiary/aromatic N) is 2. The monoisotopic (exact) mass is 308 g/mol. The zero-order chi connectivity index (χ0) is 15.0. The van der Waals surface area contributed by atoms with Crippen molar-refractivity contribution in [1.29, 1.82) is 0 Å². The topological polar surface area (TPSA) is 27.1 Å². The first-order chi connectivity index (χ1) is 10.2. The largest absolute Gasteiger partial charge is 0.494 e. The van der Waals surface area contributed by atoms with Crippen molar-refractivity contribution in [1.82, 2.24) is 9.55 Å². The van der Waals surface area contributed by atoms with E-state index in [1.807, 2.05) is 0 Å². The summed E-state index contributed by atoms with van der Waals surface area (Å²) in [4.78, 5) is 4.21. The SMILES string of the molecule is COc1cc(F)ccc1-n1c(CCl)nc2c(F)cccc21. The number of rotatable bonds is 3. The molecule has 0 aliphatic carbocycles. The Labute approximate surface area is 124 Å². The van der Waals surface area contributed by atoms with Crippen molar-refractivity contribution < 1.29 is 13.5 Å². The van der Waals surface area contributed by atoms with E-state index in [0.717, 1.165) is 0 Å². The number of benzene rings is 2. The molecule has 0 atom stereocenters. The van der Waals surface area contributed by atoms with Gasteiger partial charge in [0.1, 0.15) is 22.9 Å². The molecule has 0 aliphatic rings. The van der Waals surface area contributed by atoms with Crippen LogP contribution in [0.3, 0.4) is 0 Å². The molecule has 0 radical (unpaired) electrons. The number of alkyl halides is 1. The van der Waals surface area contributed by atoms with Gasteiger partial charge >= 0.3 is 0 Å². The standard InChI is InChI=1S/C15H11ClF2N2O/c1-21-13-7-9(17)5-6-11(13)20-12-4-2-3-10(18)15(12)19-14(20)8-16/h2-7H,8H2,1H3. The molecule has 21 heavy (non-hydrogen) atoms. The van der Waals surface area contributed by atoms with Crippen LogP contribution in [-0.4, -0.2) is 16.7 Å². The van der Waals surface area contributed by atoms with E-state index in [1.165, 1.54) is 25.3 Å². The summed E-state index contributed by atoms with van der Waals surface area (Å²) in [6.07, 6.45) is 0. The number of aromatic nitrogens is 2. The molecule has 0 amide bonds. The number of fused-ring (bicyclic) bond motifs is 1. The van der Waals surface area contributed by atoms with Crippen molar-refractivity contribution >= 4 is 22.6 Å². The molecule has 0 saturated heterocycles. The number of methoxy groups -OCH3 is 1. The molecule has 108 valence electrons. The summed E-state index contributed by atoms with van der Waals surface area (Å²) in [5, 5.41) is 0. The minimum Gasteiger partial charge on any atom is -0.494 e. The van der Waals surface area contributed by atoms with Crippen molar-refractivity contribution in [2.24, 2.45) is 0 Å². The highest BCUT2D eigenvalue weighted by Crippen LogP contribution is 2.30. The highest BCUT2D eigenvalue weighted by Gasteiger charge is 2.17. The van der Waals surface area contributed by atoms with Crippen molar-refractivity contribution in [3.05, 3.63) is 53.9 Å². The second kappa shape index (κ2) is 5.33. The van der Waals surface area contributed by atoms with Gasteiger partial charge in [0.05, 0.1) is 24.2 Å². The average Bonchev–Trinajstić information content (AvgIpc) is 2.87. The molecule has 0 fully saturated rings. The fourth-order valence-electron chi connectivity index (χ4n) is 2.31. The maximum atomic E-state index is 13.9. The second-order valence-electron chi connectivity index (χ2n) is 4.42. The van der Waals surface area contributed by atoms with Gasteiger partial charge in [0.2, 0.25) is 0 Å². The van der Waals surface area contributed by atoms with Gasteiger partial charge in [-0.3, -0.25) is 4.57 Å². The summed E-state index contributed by atoms with van der Waals surface area (Å²) in [7, 11) is 1.44.